The van der Waals surface area contributed by atoms with E-state index in [9.17, 15) is 17.2 Å². The van der Waals surface area contributed by atoms with Crippen molar-refractivity contribution in [2.45, 2.75) is 24.0 Å². The largest absolute Gasteiger partial charge is 0.485 e. The maximum absolute atomic E-state index is 12.9. The Hall–Kier alpha value is -3.39. The summed E-state index contributed by atoms with van der Waals surface area (Å²) in [5, 5.41) is 0. The highest BCUT2D eigenvalue weighted by molar-refractivity contribution is 7.92. The SMILES string of the molecule is C=CCC1Oc2cccc(OC(F)F)c2-c2ccc(NS(=O)(=O)c3ccccc3)cc21. The minimum atomic E-state index is -3.79. The van der Waals surface area contributed by atoms with Crippen LogP contribution in [0.1, 0.15) is 18.1 Å². The van der Waals surface area contributed by atoms with Gasteiger partial charge in [0.15, 0.2) is 0 Å². The highest BCUT2D eigenvalue weighted by Gasteiger charge is 2.29. The molecule has 160 valence electrons. The first-order valence-electron chi connectivity index (χ1n) is 9.46. The third-order valence-corrected chi connectivity index (χ3v) is 6.22. The standard InChI is InChI=1S/C23H19F2NO4S/c1-2-7-19-18-14-15(26-31(27,28)16-8-4-3-5-9-16)12-13-17(18)22-20(29-19)10-6-11-21(22)30-23(24)25/h2-6,8-14,19,23,26H,1,7H2. The van der Waals surface area contributed by atoms with Crippen molar-refractivity contribution < 1.29 is 26.7 Å². The smallest absolute Gasteiger partial charge is 0.387 e. The van der Waals surface area contributed by atoms with E-state index in [-0.39, 0.29) is 10.6 Å². The highest BCUT2D eigenvalue weighted by Crippen LogP contribution is 2.49. The molecule has 1 unspecified atom stereocenters. The number of hydrogen-bond acceptors (Lipinski definition) is 4. The van der Waals surface area contributed by atoms with Crippen molar-refractivity contribution in [3.05, 3.63) is 84.9 Å². The average Bonchev–Trinajstić information content (AvgIpc) is 2.74. The number of alkyl halides is 2. The third kappa shape index (κ3) is 4.25. The van der Waals surface area contributed by atoms with Crippen molar-refractivity contribution >= 4 is 15.7 Å². The average molecular weight is 443 g/mol. The number of nitrogens with one attached hydrogen (secondary N) is 1. The van der Waals surface area contributed by atoms with Crippen LogP contribution < -0.4 is 14.2 Å². The fourth-order valence-corrected chi connectivity index (χ4v) is 4.62. The predicted molar refractivity (Wildman–Crippen MR) is 114 cm³/mol. The van der Waals surface area contributed by atoms with Crippen LogP contribution in [-0.2, 0) is 10.0 Å². The zero-order chi connectivity index (χ0) is 22.0. The van der Waals surface area contributed by atoms with Crippen LogP contribution in [0.3, 0.4) is 0 Å². The van der Waals surface area contributed by atoms with E-state index in [2.05, 4.69) is 16.0 Å². The molecule has 0 saturated carbocycles. The van der Waals surface area contributed by atoms with Crippen LogP contribution >= 0.6 is 0 Å². The minimum absolute atomic E-state index is 0.0107. The van der Waals surface area contributed by atoms with Gasteiger partial charge in [0.1, 0.15) is 17.6 Å². The topological polar surface area (TPSA) is 64.6 Å². The molecule has 1 aliphatic rings. The van der Waals surface area contributed by atoms with Gasteiger partial charge < -0.3 is 9.47 Å². The highest BCUT2D eigenvalue weighted by atomic mass is 32.2. The molecule has 4 rings (SSSR count). The zero-order valence-corrected chi connectivity index (χ0v) is 17.1. The fraction of sp³-hybridized carbons (Fsp3) is 0.130. The Morgan fingerprint density at radius 1 is 1.10 bits per heavy atom. The number of sulfonamides is 1. The number of halogens is 2. The lowest BCUT2D eigenvalue weighted by molar-refractivity contribution is -0.0496. The summed E-state index contributed by atoms with van der Waals surface area (Å²) < 4.78 is 64.5. The van der Waals surface area contributed by atoms with Gasteiger partial charge in [-0.3, -0.25) is 4.72 Å². The monoisotopic (exact) mass is 443 g/mol. The lowest BCUT2D eigenvalue weighted by atomic mass is 9.90. The van der Waals surface area contributed by atoms with Gasteiger partial charge in [-0.1, -0.05) is 36.4 Å². The van der Waals surface area contributed by atoms with Crippen molar-refractivity contribution in [2.75, 3.05) is 4.72 Å². The second kappa shape index (κ2) is 8.39. The third-order valence-electron chi connectivity index (χ3n) is 4.83. The van der Waals surface area contributed by atoms with E-state index in [1.165, 1.54) is 18.2 Å². The van der Waals surface area contributed by atoms with Crippen molar-refractivity contribution in [1.29, 1.82) is 0 Å². The van der Waals surface area contributed by atoms with Crippen molar-refractivity contribution in [3.63, 3.8) is 0 Å². The fourth-order valence-electron chi connectivity index (χ4n) is 3.55. The first-order chi connectivity index (χ1) is 14.9. The van der Waals surface area contributed by atoms with E-state index in [4.69, 9.17) is 4.74 Å². The van der Waals surface area contributed by atoms with Gasteiger partial charge in [0.2, 0.25) is 0 Å². The minimum Gasteiger partial charge on any atom is -0.485 e. The molecule has 1 atom stereocenters. The molecule has 5 nitrogen and oxygen atoms in total. The molecule has 0 saturated heterocycles. The predicted octanol–water partition coefficient (Wildman–Crippen LogP) is 5.77. The van der Waals surface area contributed by atoms with Crippen LogP contribution in [-0.4, -0.2) is 15.0 Å². The summed E-state index contributed by atoms with van der Waals surface area (Å²) in [5.41, 5.74) is 2.00. The van der Waals surface area contributed by atoms with Crippen molar-refractivity contribution in [2.24, 2.45) is 0 Å². The quantitative estimate of drug-likeness (QED) is 0.471. The molecule has 0 aliphatic carbocycles. The van der Waals surface area contributed by atoms with Gasteiger partial charge in [-0.05, 0) is 42.0 Å². The van der Waals surface area contributed by atoms with Gasteiger partial charge in [-0.2, -0.15) is 8.78 Å². The molecule has 1 aliphatic heterocycles. The molecular weight excluding hydrogens is 424 g/mol. The van der Waals surface area contributed by atoms with Gasteiger partial charge in [-0.15, -0.1) is 6.58 Å². The number of hydrogen-bond donors (Lipinski definition) is 1. The lowest BCUT2D eigenvalue weighted by Gasteiger charge is -2.30. The Kier molecular flexibility index (Phi) is 5.65. The maximum Gasteiger partial charge on any atom is 0.387 e. The second-order valence-corrected chi connectivity index (χ2v) is 8.54. The molecule has 0 bridgehead atoms. The van der Waals surface area contributed by atoms with E-state index in [0.29, 0.717) is 34.5 Å². The van der Waals surface area contributed by atoms with Gasteiger partial charge in [0.25, 0.3) is 10.0 Å². The summed E-state index contributed by atoms with van der Waals surface area (Å²) >= 11 is 0. The van der Waals surface area contributed by atoms with Crippen LogP contribution in [0, 0.1) is 0 Å². The molecule has 3 aromatic carbocycles. The Balaban J connectivity index is 1.78. The first-order valence-corrected chi connectivity index (χ1v) is 10.9. The number of rotatable bonds is 7. The van der Waals surface area contributed by atoms with Crippen LogP contribution in [0.2, 0.25) is 0 Å². The maximum atomic E-state index is 12.9. The van der Waals surface area contributed by atoms with E-state index in [1.54, 1.807) is 54.6 Å². The molecule has 0 spiro atoms. The van der Waals surface area contributed by atoms with Crippen molar-refractivity contribution in [1.82, 2.24) is 0 Å². The molecule has 0 fully saturated rings. The summed E-state index contributed by atoms with van der Waals surface area (Å²) in [4.78, 5) is 0.129. The van der Waals surface area contributed by atoms with Gasteiger partial charge in [-0.25, -0.2) is 8.42 Å². The van der Waals surface area contributed by atoms with Crippen LogP contribution in [0.15, 0.2) is 84.3 Å². The van der Waals surface area contributed by atoms with E-state index < -0.39 is 22.7 Å². The molecule has 31 heavy (non-hydrogen) atoms. The molecule has 0 amide bonds. The Labute approximate surface area is 179 Å². The Morgan fingerprint density at radius 2 is 1.87 bits per heavy atom. The number of anilines is 1. The molecular formula is C23H19F2NO4S. The van der Waals surface area contributed by atoms with Crippen LogP contribution in [0.4, 0.5) is 14.5 Å². The van der Waals surface area contributed by atoms with Crippen LogP contribution in [0.5, 0.6) is 11.5 Å². The molecule has 3 aromatic rings. The lowest BCUT2D eigenvalue weighted by Crippen LogP contribution is -2.17. The molecule has 0 radical (unpaired) electrons. The summed E-state index contributed by atoms with van der Waals surface area (Å²) in [6.07, 6.45) is 1.67. The number of fused-ring (bicyclic) bond motifs is 3. The van der Waals surface area contributed by atoms with Gasteiger partial charge in [0, 0.05) is 17.7 Å². The van der Waals surface area contributed by atoms with Crippen molar-refractivity contribution in [3.8, 4) is 22.6 Å². The van der Waals surface area contributed by atoms with Gasteiger partial charge in [0.05, 0.1) is 10.5 Å². The Morgan fingerprint density at radius 3 is 2.58 bits per heavy atom. The number of ether oxygens (including phenoxy) is 2. The normalized spacial score (nSPS) is 14.9. The Bertz CT molecular complexity index is 1210. The summed E-state index contributed by atoms with van der Waals surface area (Å²) in [6.45, 7) is 0.759. The molecule has 8 heteroatoms. The first kappa shape index (κ1) is 20.9. The number of benzene rings is 3. The van der Waals surface area contributed by atoms with Crippen LogP contribution in [0.25, 0.3) is 11.1 Å². The molecule has 0 aromatic heterocycles. The zero-order valence-electron chi connectivity index (χ0n) is 16.3. The molecule has 1 N–H and O–H groups in total. The summed E-state index contributed by atoms with van der Waals surface area (Å²) in [5.74, 6) is 0.401. The summed E-state index contributed by atoms with van der Waals surface area (Å²) in [7, 11) is -3.79. The molecule has 1 heterocycles. The van der Waals surface area contributed by atoms with E-state index in [1.807, 2.05) is 0 Å². The van der Waals surface area contributed by atoms with Gasteiger partial charge >= 0.3 is 6.61 Å². The second-order valence-electron chi connectivity index (χ2n) is 6.86. The van der Waals surface area contributed by atoms with E-state index in [0.717, 1.165) is 0 Å². The summed E-state index contributed by atoms with van der Waals surface area (Å²) in [6, 6.07) is 17.6. The van der Waals surface area contributed by atoms with E-state index >= 15 is 0 Å².